The third kappa shape index (κ3) is 5.08. The molecule has 0 bridgehead atoms. The van der Waals surface area contributed by atoms with Gasteiger partial charge in [-0.05, 0) is 13.8 Å². The maximum Gasteiger partial charge on any atom is 0.0446 e. The van der Waals surface area contributed by atoms with E-state index in [0.717, 1.165) is 0 Å². The molecule has 0 amide bonds. The highest BCUT2D eigenvalue weighted by Crippen LogP contribution is 1.72. The van der Waals surface area contributed by atoms with Gasteiger partial charge < -0.3 is 0 Å². The Hall–Kier alpha value is -0.920. The first-order valence-corrected chi connectivity index (χ1v) is 2.52. The van der Waals surface area contributed by atoms with E-state index in [4.69, 9.17) is 0 Å². The van der Waals surface area contributed by atoms with Crippen LogP contribution >= 0.6 is 0 Å². The number of hydrogen-bond donors (Lipinski definition) is 0. The molecule has 0 aliphatic rings. The third-order valence-corrected chi connectivity index (χ3v) is 0.537. The maximum absolute atomic E-state index is 3.79. The second kappa shape index (κ2) is 6.08. The highest BCUT2D eigenvalue weighted by molar-refractivity contribution is 5.55. The number of hydrogen-bond acceptors (Lipinski definition) is 2. The van der Waals surface area contributed by atoms with Gasteiger partial charge in [0.25, 0.3) is 0 Å². The van der Waals surface area contributed by atoms with Gasteiger partial charge in [-0.25, -0.2) is 0 Å². The summed E-state index contributed by atoms with van der Waals surface area (Å²) in [5, 5.41) is 0. The molecule has 0 unspecified atom stereocenters. The molecular weight excluding hydrogens is 100 g/mol. The van der Waals surface area contributed by atoms with E-state index in [9.17, 15) is 0 Å². The van der Waals surface area contributed by atoms with Crippen molar-refractivity contribution in [3.63, 3.8) is 0 Å². The molecule has 0 aromatic carbocycles. The Kier molecular flexibility index (Phi) is 5.38. The smallest absolute Gasteiger partial charge is 0.0446 e. The zero-order chi connectivity index (χ0) is 6.24. The molecule has 0 saturated heterocycles. The van der Waals surface area contributed by atoms with Crippen LogP contribution in [0.4, 0.5) is 0 Å². The molecular formula is C6H10N2. The molecule has 0 aliphatic carbocycles. The summed E-state index contributed by atoms with van der Waals surface area (Å²) in [4.78, 5) is 7.58. The van der Waals surface area contributed by atoms with Gasteiger partial charge in [0.05, 0.1) is 0 Å². The molecule has 0 rings (SSSR count). The van der Waals surface area contributed by atoms with E-state index in [-0.39, 0.29) is 0 Å². The largest absolute Gasteiger partial charge is 0.268 e. The minimum Gasteiger partial charge on any atom is -0.268 e. The molecule has 0 heterocycles. The first-order chi connectivity index (χ1) is 3.91. The Bertz CT molecular complexity index is 97.7. The molecule has 0 N–H and O–H groups in total. The summed E-state index contributed by atoms with van der Waals surface area (Å²) in [7, 11) is 0. The Balaban J connectivity index is 3.35. The fourth-order valence-electron chi connectivity index (χ4n) is 0.249. The van der Waals surface area contributed by atoms with Gasteiger partial charge in [0.15, 0.2) is 0 Å². The van der Waals surface area contributed by atoms with Gasteiger partial charge in [-0.15, -0.1) is 0 Å². The summed E-state index contributed by atoms with van der Waals surface area (Å²) in [6.07, 6.45) is 6.70. The minimum absolute atomic E-state index is 1.64. The van der Waals surface area contributed by atoms with E-state index in [2.05, 4.69) is 9.98 Å². The summed E-state index contributed by atoms with van der Waals surface area (Å²) in [5.74, 6) is 0. The van der Waals surface area contributed by atoms with Crippen molar-refractivity contribution in [1.29, 1.82) is 0 Å². The molecule has 2 nitrogen and oxygen atoms in total. The van der Waals surface area contributed by atoms with Crippen molar-refractivity contribution in [2.45, 2.75) is 13.8 Å². The predicted octanol–water partition coefficient (Wildman–Crippen LogP) is 1.64. The van der Waals surface area contributed by atoms with Crippen molar-refractivity contribution >= 4 is 12.4 Å². The van der Waals surface area contributed by atoms with E-state index in [1.807, 2.05) is 13.8 Å². The van der Waals surface area contributed by atoms with Crippen molar-refractivity contribution in [2.75, 3.05) is 0 Å². The molecule has 0 spiro atoms. The summed E-state index contributed by atoms with van der Waals surface area (Å²) in [6, 6.07) is 0. The fraction of sp³-hybridized carbons (Fsp3) is 0.333. The zero-order valence-corrected chi connectivity index (χ0v) is 5.20. The second-order valence-corrected chi connectivity index (χ2v) is 1.11. The highest BCUT2D eigenvalue weighted by atomic mass is 14.7. The molecule has 0 aromatic rings. The first kappa shape index (κ1) is 7.08. The topological polar surface area (TPSA) is 24.7 Å². The van der Waals surface area contributed by atoms with Gasteiger partial charge in [-0.1, -0.05) is 0 Å². The van der Waals surface area contributed by atoms with Gasteiger partial charge in [0.1, 0.15) is 0 Å². The van der Waals surface area contributed by atoms with Gasteiger partial charge >= 0.3 is 0 Å². The van der Waals surface area contributed by atoms with E-state index >= 15 is 0 Å². The van der Waals surface area contributed by atoms with Crippen molar-refractivity contribution < 1.29 is 0 Å². The quantitative estimate of drug-likeness (QED) is 0.483. The first-order valence-electron chi connectivity index (χ1n) is 2.52. The maximum atomic E-state index is 3.79. The highest BCUT2D eigenvalue weighted by Gasteiger charge is 1.55. The van der Waals surface area contributed by atoms with Gasteiger partial charge in [-0.2, -0.15) is 0 Å². The summed E-state index contributed by atoms with van der Waals surface area (Å²) in [6.45, 7) is 3.72. The minimum atomic E-state index is 1.64. The second-order valence-electron chi connectivity index (χ2n) is 1.11. The molecule has 0 atom stereocenters. The Morgan fingerprint density at radius 3 is 1.50 bits per heavy atom. The van der Waals surface area contributed by atoms with E-state index < -0.39 is 0 Å². The summed E-state index contributed by atoms with van der Waals surface area (Å²) < 4.78 is 0. The van der Waals surface area contributed by atoms with Crippen LogP contribution in [0.25, 0.3) is 0 Å². The number of aliphatic imine (C=N–C) groups is 2. The molecule has 2 heteroatoms. The average molecular weight is 110 g/mol. The summed E-state index contributed by atoms with van der Waals surface area (Å²) >= 11 is 0. The predicted molar refractivity (Wildman–Crippen MR) is 37.5 cm³/mol. The van der Waals surface area contributed by atoms with Crippen LogP contribution in [0.2, 0.25) is 0 Å². The van der Waals surface area contributed by atoms with Crippen LogP contribution in [0.15, 0.2) is 22.4 Å². The van der Waals surface area contributed by atoms with Crippen LogP contribution in [0.3, 0.4) is 0 Å². The Labute approximate surface area is 49.7 Å². The van der Waals surface area contributed by atoms with E-state index in [0.29, 0.717) is 0 Å². The Morgan fingerprint density at radius 1 is 0.875 bits per heavy atom. The lowest BCUT2D eigenvalue weighted by atomic mass is 10.8. The van der Waals surface area contributed by atoms with Crippen LogP contribution in [0, 0.1) is 0 Å². The van der Waals surface area contributed by atoms with Crippen LogP contribution in [-0.4, -0.2) is 12.4 Å². The molecule has 0 aromatic heterocycles. The average Bonchev–Trinajstić information content (AvgIpc) is 1.81. The van der Waals surface area contributed by atoms with E-state index in [1.54, 1.807) is 24.8 Å². The van der Waals surface area contributed by atoms with Gasteiger partial charge in [0, 0.05) is 24.8 Å². The van der Waals surface area contributed by atoms with Crippen LogP contribution < -0.4 is 0 Å². The molecule has 0 radical (unpaired) electrons. The molecule has 8 heavy (non-hydrogen) atoms. The standard InChI is InChI=1S/C6H10N2/c1-3-7-5-6-8-4-2/h3-6H,1-2H3/b6-5-,7-3?,8-4?. The van der Waals surface area contributed by atoms with Crippen LogP contribution in [0.5, 0.6) is 0 Å². The van der Waals surface area contributed by atoms with Crippen molar-refractivity contribution in [3.8, 4) is 0 Å². The molecule has 0 aliphatic heterocycles. The van der Waals surface area contributed by atoms with Crippen LogP contribution in [-0.2, 0) is 0 Å². The van der Waals surface area contributed by atoms with Crippen molar-refractivity contribution in [1.82, 2.24) is 0 Å². The molecule has 0 saturated carbocycles. The number of nitrogens with zero attached hydrogens (tertiary/aromatic N) is 2. The Morgan fingerprint density at radius 2 is 1.25 bits per heavy atom. The zero-order valence-electron chi connectivity index (χ0n) is 5.20. The van der Waals surface area contributed by atoms with Crippen molar-refractivity contribution in [2.24, 2.45) is 9.98 Å². The lowest BCUT2D eigenvalue weighted by Crippen LogP contribution is -1.55. The van der Waals surface area contributed by atoms with Gasteiger partial charge in [0.2, 0.25) is 0 Å². The van der Waals surface area contributed by atoms with Crippen LogP contribution in [0.1, 0.15) is 13.8 Å². The summed E-state index contributed by atoms with van der Waals surface area (Å²) in [5.41, 5.74) is 0. The monoisotopic (exact) mass is 110 g/mol. The van der Waals surface area contributed by atoms with Gasteiger partial charge in [-0.3, -0.25) is 9.98 Å². The molecule has 0 fully saturated rings. The molecule has 44 valence electrons. The normalized spacial score (nSPS) is 12.8. The SMILES string of the molecule is CC=N/C=C\N=CC. The third-order valence-electron chi connectivity index (χ3n) is 0.537. The number of rotatable bonds is 2. The lowest BCUT2D eigenvalue weighted by Gasteiger charge is -1.69. The van der Waals surface area contributed by atoms with Crippen molar-refractivity contribution in [3.05, 3.63) is 12.4 Å². The fourth-order valence-corrected chi connectivity index (χ4v) is 0.249. The lowest BCUT2D eigenvalue weighted by molar-refractivity contribution is 1.48. The van der Waals surface area contributed by atoms with E-state index in [1.165, 1.54) is 0 Å².